The summed E-state index contributed by atoms with van der Waals surface area (Å²) < 4.78 is 12.0. The normalized spacial score (nSPS) is 19.5. The van der Waals surface area contributed by atoms with E-state index in [1.807, 2.05) is 47.6 Å². The number of aliphatic carboxylic acids is 1. The smallest absolute Gasteiger partial charge is 0.326 e. The van der Waals surface area contributed by atoms with Crippen molar-refractivity contribution in [3.8, 4) is 0 Å². The average molecular weight is 1020 g/mol. The number of likely N-dealkylation sites (tertiary alicyclic amines) is 2. The summed E-state index contributed by atoms with van der Waals surface area (Å²) in [5.41, 5.74) is 0.764. The van der Waals surface area contributed by atoms with Crippen LogP contribution in [0.1, 0.15) is 132 Å². The van der Waals surface area contributed by atoms with Crippen LogP contribution in [-0.2, 0) is 54.3 Å². The molecule has 18 heteroatoms. The fourth-order valence-electron chi connectivity index (χ4n) is 10.00. The second-order valence-corrected chi connectivity index (χ2v) is 21.5. The number of nitrogens with one attached hydrogen (secondary N) is 2. The number of carbonyl (C=O) groups excluding carboxylic acids is 7. The van der Waals surface area contributed by atoms with Gasteiger partial charge in [-0.2, -0.15) is 0 Å². The van der Waals surface area contributed by atoms with Crippen molar-refractivity contribution in [2.75, 3.05) is 47.2 Å². The third-order valence-electron chi connectivity index (χ3n) is 14.4. The molecule has 0 aromatic heterocycles. The number of carboxylic acid groups (broad SMARTS) is 1. The molecule has 2 aliphatic rings. The maximum Gasteiger partial charge on any atom is 0.326 e. The number of methoxy groups -OCH3 is 2. The summed E-state index contributed by atoms with van der Waals surface area (Å²) in [4.78, 5) is 114. The van der Waals surface area contributed by atoms with E-state index in [0.29, 0.717) is 51.6 Å². The third kappa shape index (κ3) is 17.0. The van der Waals surface area contributed by atoms with Crippen molar-refractivity contribution >= 4 is 59.1 Å². The highest BCUT2D eigenvalue weighted by molar-refractivity contribution is 8.00. The molecule has 400 valence electrons. The fraction of sp³-hybridized carbons (Fsp3) is 0.736. The Hall–Kier alpha value is -4.55. The van der Waals surface area contributed by atoms with E-state index in [9.17, 15) is 43.5 Å². The Morgan fingerprint density at radius 1 is 0.859 bits per heavy atom. The highest BCUT2D eigenvalue weighted by Gasteiger charge is 2.44. The lowest BCUT2D eigenvalue weighted by atomic mass is 9.89. The van der Waals surface area contributed by atoms with E-state index in [4.69, 9.17) is 9.47 Å². The number of hydrogen-bond acceptors (Lipinski definition) is 11. The van der Waals surface area contributed by atoms with E-state index in [1.54, 1.807) is 66.8 Å². The minimum Gasteiger partial charge on any atom is -0.480 e. The number of nitrogens with zero attached hydrogens (tertiary/aromatic N) is 4. The van der Waals surface area contributed by atoms with Gasteiger partial charge in [0, 0.05) is 60.7 Å². The van der Waals surface area contributed by atoms with Crippen molar-refractivity contribution in [2.45, 2.75) is 180 Å². The van der Waals surface area contributed by atoms with Crippen LogP contribution >= 0.6 is 11.8 Å². The summed E-state index contributed by atoms with van der Waals surface area (Å²) in [6, 6.07) is 4.98. The second kappa shape index (κ2) is 29.8. The molecule has 7 amide bonds. The number of hydrogen-bond donors (Lipinski definition) is 3. The number of imide groups is 1. The van der Waals surface area contributed by atoms with Crippen molar-refractivity contribution in [3.63, 3.8) is 0 Å². The summed E-state index contributed by atoms with van der Waals surface area (Å²) in [6.07, 6.45) is 4.59. The van der Waals surface area contributed by atoms with Crippen LogP contribution in [-0.4, -0.2) is 167 Å². The molecule has 2 heterocycles. The predicted molar refractivity (Wildman–Crippen MR) is 275 cm³/mol. The molecule has 3 rings (SSSR count). The van der Waals surface area contributed by atoms with Crippen molar-refractivity contribution in [2.24, 2.45) is 23.7 Å². The predicted octanol–water partition coefficient (Wildman–Crippen LogP) is 5.56. The number of rotatable bonds is 31. The molecule has 2 aliphatic heterocycles. The van der Waals surface area contributed by atoms with Crippen LogP contribution < -0.4 is 10.6 Å². The molecule has 1 aromatic carbocycles. The Morgan fingerprint density at radius 2 is 1.54 bits per heavy atom. The van der Waals surface area contributed by atoms with E-state index in [-0.39, 0.29) is 78.2 Å². The van der Waals surface area contributed by atoms with Crippen LogP contribution in [0.15, 0.2) is 30.3 Å². The van der Waals surface area contributed by atoms with Gasteiger partial charge in [0.05, 0.1) is 41.9 Å². The number of benzene rings is 1. The lowest BCUT2D eigenvalue weighted by molar-refractivity contribution is -0.149. The van der Waals surface area contributed by atoms with E-state index >= 15 is 0 Å². The highest BCUT2D eigenvalue weighted by atomic mass is 32.2. The van der Waals surface area contributed by atoms with Gasteiger partial charge in [0.15, 0.2) is 0 Å². The zero-order valence-electron chi connectivity index (χ0n) is 44.6. The lowest BCUT2D eigenvalue weighted by Gasteiger charge is -2.41. The summed E-state index contributed by atoms with van der Waals surface area (Å²) in [6.45, 7) is 15.9. The van der Waals surface area contributed by atoms with E-state index in [1.165, 1.54) is 24.0 Å². The summed E-state index contributed by atoms with van der Waals surface area (Å²) in [5, 5.41) is 15.3. The van der Waals surface area contributed by atoms with E-state index < -0.39 is 66.1 Å². The minimum atomic E-state index is -1.16. The molecule has 0 bridgehead atoms. The van der Waals surface area contributed by atoms with Gasteiger partial charge in [0.2, 0.25) is 41.4 Å². The number of ether oxygens (including phenoxy) is 2. The molecule has 0 radical (unpaired) electrons. The molecule has 0 spiro atoms. The van der Waals surface area contributed by atoms with Gasteiger partial charge < -0.3 is 39.9 Å². The maximum atomic E-state index is 14.6. The van der Waals surface area contributed by atoms with Crippen LogP contribution in [0.3, 0.4) is 0 Å². The van der Waals surface area contributed by atoms with Gasteiger partial charge in [-0.05, 0) is 61.2 Å². The third-order valence-corrected chi connectivity index (χ3v) is 15.7. The van der Waals surface area contributed by atoms with Crippen LogP contribution in [0.5, 0.6) is 0 Å². The first-order valence-corrected chi connectivity index (χ1v) is 26.9. The summed E-state index contributed by atoms with van der Waals surface area (Å²) >= 11 is 1.55. The topological polar surface area (TPSA) is 212 Å². The molecule has 10 atom stereocenters. The lowest BCUT2D eigenvalue weighted by Crippen LogP contribution is -2.60. The van der Waals surface area contributed by atoms with Crippen LogP contribution in [0.2, 0.25) is 0 Å². The number of thioether (sulfide) groups is 1. The van der Waals surface area contributed by atoms with Crippen molar-refractivity contribution < 1.29 is 52.9 Å². The standard InChI is InChI=1S/C53H86N6O11S/c1-13-15-29-71-41-32-44(62)59(51(41)65)27-21-17-20-26-42(60)56(9)46(34(5)6)50(64)55-45(33(3)4)52(66)57(10)47(35(7)14-2)40(69-11)31-43(61)58-28-22-25-39(58)48(70-12)36(8)49(63)54-38(53(67)68)30-37-23-18-16-19-24-37/h16,18-19,23-24,33-36,38-41,45-48H,13-15,17,20-22,25-32H2,1-12H3,(H,54,63)(H,55,64)(H,67,68)/t35-,36+,38-,39-,40+,41?,45-,46?,47-,48+/m0/s1. The first kappa shape index (κ1) is 60.8. The molecule has 2 unspecified atom stereocenters. The Bertz CT molecular complexity index is 1920. The van der Waals surface area contributed by atoms with Crippen LogP contribution in [0.25, 0.3) is 0 Å². The molecule has 71 heavy (non-hydrogen) atoms. The highest BCUT2D eigenvalue weighted by Crippen LogP contribution is 2.31. The number of amides is 7. The Labute approximate surface area is 427 Å². The quantitative estimate of drug-likeness (QED) is 0.0616. The van der Waals surface area contributed by atoms with Crippen molar-refractivity contribution in [1.82, 2.24) is 30.2 Å². The van der Waals surface area contributed by atoms with Crippen molar-refractivity contribution in [3.05, 3.63) is 35.9 Å². The SMILES string of the molecule is CCCCSC1CC(=O)N(CCCCCC(=O)N(C)C(C(=O)N[C@H](C(=O)N(C)[C@@H]([C@@H](C)CC)[C@@H](CC(=O)N2CCC[C@H]2[C@H](OC)[C@@H](C)C(=O)N[C@@H](Cc2ccccc2)C(=O)O)OC)C(C)C)C(C)C)C1=O. The molecule has 1 aromatic rings. The number of carbonyl (C=O) groups is 8. The van der Waals surface area contributed by atoms with E-state index in [2.05, 4.69) is 17.6 Å². The Balaban J connectivity index is 1.68. The van der Waals surface area contributed by atoms with Gasteiger partial charge in [-0.1, -0.05) is 105 Å². The monoisotopic (exact) mass is 1010 g/mol. The van der Waals surface area contributed by atoms with Gasteiger partial charge in [-0.25, -0.2) is 4.79 Å². The largest absolute Gasteiger partial charge is 0.480 e. The van der Waals surface area contributed by atoms with Crippen LogP contribution in [0, 0.1) is 23.7 Å². The van der Waals surface area contributed by atoms with Crippen molar-refractivity contribution in [1.29, 1.82) is 0 Å². The molecule has 0 aliphatic carbocycles. The molecular formula is C53H86N6O11S. The minimum absolute atomic E-state index is 0.0803. The fourth-order valence-corrected chi connectivity index (χ4v) is 11.3. The van der Waals surface area contributed by atoms with Crippen LogP contribution in [0.4, 0.5) is 0 Å². The molecule has 2 fully saturated rings. The van der Waals surface area contributed by atoms with Gasteiger partial charge in [0.25, 0.3) is 0 Å². The Kier molecular flexibility index (Phi) is 25.5. The molecular weight excluding hydrogens is 929 g/mol. The summed E-state index contributed by atoms with van der Waals surface area (Å²) in [5.74, 6) is -3.94. The molecule has 17 nitrogen and oxygen atoms in total. The number of carboxylic acids is 1. The number of unbranched alkanes of at least 4 members (excludes halogenated alkanes) is 3. The van der Waals surface area contributed by atoms with E-state index in [0.717, 1.165) is 24.2 Å². The first-order chi connectivity index (χ1) is 33.6. The second-order valence-electron chi connectivity index (χ2n) is 20.2. The summed E-state index contributed by atoms with van der Waals surface area (Å²) in [7, 11) is 6.24. The Morgan fingerprint density at radius 3 is 2.11 bits per heavy atom. The van der Waals surface area contributed by atoms with Gasteiger partial charge in [-0.3, -0.25) is 38.5 Å². The maximum absolute atomic E-state index is 14.6. The van der Waals surface area contributed by atoms with Gasteiger partial charge in [0.1, 0.15) is 18.1 Å². The van der Waals surface area contributed by atoms with Gasteiger partial charge >= 0.3 is 5.97 Å². The van der Waals surface area contributed by atoms with Gasteiger partial charge in [-0.15, -0.1) is 11.8 Å². The first-order valence-electron chi connectivity index (χ1n) is 25.9. The molecule has 0 saturated carbocycles. The zero-order valence-corrected chi connectivity index (χ0v) is 45.5. The zero-order chi connectivity index (χ0) is 53.1. The number of likely N-dealkylation sites (N-methyl/N-ethyl adjacent to an activating group) is 2. The molecule has 3 N–H and O–H groups in total. The molecule has 2 saturated heterocycles. The average Bonchev–Trinajstić information content (AvgIpc) is 3.92.